The van der Waals surface area contributed by atoms with Gasteiger partial charge in [0.05, 0.1) is 33.7 Å². The minimum atomic E-state index is -1.25. The molecule has 0 rings (SSSR count). The summed E-state index contributed by atoms with van der Waals surface area (Å²) in [5.41, 5.74) is 10.1. The van der Waals surface area contributed by atoms with Gasteiger partial charge in [-0.1, -0.05) is 84.0 Å². The van der Waals surface area contributed by atoms with Crippen LogP contribution in [0, 0.1) is 5.41 Å². The number of nitrogens with zero attached hydrogens (tertiary/aromatic N) is 1. The fourth-order valence-electron chi connectivity index (χ4n) is 3.44. The van der Waals surface area contributed by atoms with Crippen molar-refractivity contribution in [2.24, 2.45) is 11.5 Å². The minimum absolute atomic E-state index is 0.128. The SMILES string of the molecule is CCCCCCCCCCCCCCCC[N+](C)(C)C.N=C(N)NCCC[C@H](N)C(=O)[O-]. The van der Waals surface area contributed by atoms with E-state index in [1.807, 2.05) is 0 Å². The van der Waals surface area contributed by atoms with Gasteiger partial charge in [0.25, 0.3) is 0 Å². The first-order valence-electron chi connectivity index (χ1n) is 12.9. The van der Waals surface area contributed by atoms with Crippen molar-refractivity contribution < 1.29 is 14.4 Å². The standard InChI is InChI=1S/C19H42N.C6H14N4O2/c1-5-6-7-8-9-10-11-12-13-14-15-16-17-18-19-20(2,3)4;7-4(5(11)12)2-1-3-10-6(8)9/h5-19H2,1-4H3;4H,1-3,7H2,(H,11,12)(H4,8,9,10)/q+1;/p-1/t;4-/m.0/s1. The van der Waals surface area contributed by atoms with Crippen LogP contribution in [0.1, 0.15) is 110 Å². The third-order valence-electron chi connectivity index (χ3n) is 5.49. The molecule has 0 aromatic carbocycles. The lowest BCUT2D eigenvalue weighted by Crippen LogP contribution is -2.42. The molecule has 0 aromatic rings. The zero-order chi connectivity index (χ0) is 24.7. The van der Waals surface area contributed by atoms with Crippen LogP contribution < -0.4 is 21.9 Å². The van der Waals surface area contributed by atoms with Crippen molar-refractivity contribution >= 4 is 11.9 Å². The third-order valence-corrected chi connectivity index (χ3v) is 5.49. The Hall–Kier alpha value is -1.34. The van der Waals surface area contributed by atoms with Crippen molar-refractivity contribution in [3.05, 3.63) is 0 Å². The first-order chi connectivity index (χ1) is 15.1. The predicted molar refractivity (Wildman–Crippen MR) is 135 cm³/mol. The van der Waals surface area contributed by atoms with Crippen LogP contribution in [-0.4, -0.2) is 56.7 Å². The van der Waals surface area contributed by atoms with E-state index >= 15 is 0 Å². The lowest BCUT2D eigenvalue weighted by atomic mass is 10.0. The number of hydrogen-bond donors (Lipinski definition) is 4. The van der Waals surface area contributed by atoms with Crippen LogP contribution in [0.5, 0.6) is 0 Å². The molecule has 7 heteroatoms. The van der Waals surface area contributed by atoms with Crippen LogP contribution in [0.4, 0.5) is 0 Å². The second kappa shape index (κ2) is 22.8. The van der Waals surface area contributed by atoms with E-state index in [-0.39, 0.29) is 5.96 Å². The molecule has 0 aliphatic heterocycles. The van der Waals surface area contributed by atoms with Gasteiger partial charge in [-0.15, -0.1) is 0 Å². The number of carbonyl (C=O) groups excluding carboxylic acids is 1. The first-order valence-corrected chi connectivity index (χ1v) is 12.9. The monoisotopic (exact) mass is 457 g/mol. The Bertz CT molecular complexity index is 439. The fourth-order valence-corrected chi connectivity index (χ4v) is 3.44. The molecule has 1 atom stereocenters. The van der Waals surface area contributed by atoms with Gasteiger partial charge in [0.15, 0.2) is 5.96 Å². The van der Waals surface area contributed by atoms with Crippen LogP contribution in [0.2, 0.25) is 0 Å². The molecule has 0 saturated heterocycles. The predicted octanol–water partition coefficient (Wildman–Crippen LogP) is 3.50. The summed E-state index contributed by atoms with van der Waals surface area (Å²) in [7, 11) is 6.88. The lowest BCUT2D eigenvalue weighted by Gasteiger charge is -2.23. The van der Waals surface area contributed by atoms with Gasteiger partial charge < -0.3 is 31.2 Å². The zero-order valence-corrected chi connectivity index (χ0v) is 21.7. The summed E-state index contributed by atoms with van der Waals surface area (Å²) >= 11 is 0. The molecule has 0 heterocycles. The van der Waals surface area contributed by atoms with Crippen molar-refractivity contribution in [3.8, 4) is 0 Å². The molecule has 6 N–H and O–H groups in total. The molecule has 0 bridgehead atoms. The van der Waals surface area contributed by atoms with Gasteiger partial charge >= 0.3 is 0 Å². The van der Waals surface area contributed by atoms with E-state index in [2.05, 4.69) is 33.4 Å². The highest BCUT2D eigenvalue weighted by Gasteiger charge is 2.05. The molecule has 192 valence electrons. The van der Waals surface area contributed by atoms with E-state index in [4.69, 9.17) is 16.9 Å². The summed E-state index contributed by atoms with van der Waals surface area (Å²) < 4.78 is 1.12. The number of carbonyl (C=O) groups is 1. The Morgan fingerprint density at radius 2 is 1.25 bits per heavy atom. The smallest absolute Gasteiger partial charge is 0.185 e. The summed E-state index contributed by atoms with van der Waals surface area (Å²) in [5, 5.41) is 19.4. The zero-order valence-electron chi connectivity index (χ0n) is 21.7. The molecule has 0 amide bonds. The van der Waals surface area contributed by atoms with Gasteiger partial charge in [0.2, 0.25) is 0 Å². The quantitative estimate of drug-likeness (QED) is 0.0962. The number of guanidine groups is 1. The maximum absolute atomic E-state index is 10.1. The number of nitrogens with one attached hydrogen (secondary N) is 2. The highest BCUT2D eigenvalue weighted by Crippen LogP contribution is 2.13. The van der Waals surface area contributed by atoms with E-state index in [0.29, 0.717) is 19.4 Å². The molecule has 0 aliphatic carbocycles. The van der Waals surface area contributed by atoms with E-state index in [1.54, 1.807) is 0 Å². The minimum Gasteiger partial charge on any atom is -0.548 e. The van der Waals surface area contributed by atoms with E-state index < -0.39 is 12.0 Å². The Kier molecular flexibility index (Phi) is 23.4. The van der Waals surface area contributed by atoms with Gasteiger partial charge in [-0.3, -0.25) is 5.41 Å². The van der Waals surface area contributed by atoms with Gasteiger partial charge in [-0.2, -0.15) is 0 Å². The Morgan fingerprint density at radius 3 is 1.59 bits per heavy atom. The summed E-state index contributed by atoms with van der Waals surface area (Å²) in [4.78, 5) is 10.1. The average Bonchev–Trinajstić information content (AvgIpc) is 2.70. The number of carboxylic acid groups (broad SMARTS) is 1. The Labute approximate surface area is 198 Å². The fraction of sp³-hybridized carbons (Fsp3) is 0.920. The largest absolute Gasteiger partial charge is 0.548 e. The first kappa shape index (κ1) is 32.8. The number of rotatable bonds is 20. The van der Waals surface area contributed by atoms with Crippen LogP contribution in [0.15, 0.2) is 0 Å². The van der Waals surface area contributed by atoms with Crippen molar-refractivity contribution in [3.63, 3.8) is 0 Å². The molecule has 0 unspecified atom stereocenters. The number of aliphatic carboxylic acids is 1. The topological polar surface area (TPSA) is 128 Å². The molecule has 0 aliphatic rings. The molecule has 0 radical (unpaired) electrons. The van der Waals surface area contributed by atoms with Crippen LogP contribution in [0.3, 0.4) is 0 Å². The number of hydrogen-bond acceptors (Lipinski definition) is 4. The lowest BCUT2D eigenvalue weighted by molar-refractivity contribution is -0.870. The Balaban J connectivity index is 0. The summed E-state index contributed by atoms with van der Waals surface area (Å²) in [5.74, 6) is -1.38. The van der Waals surface area contributed by atoms with Crippen LogP contribution in [0.25, 0.3) is 0 Å². The second-order valence-corrected chi connectivity index (χ2v) is 10.0. The number of quaternary nitrogens is 1. The molecule has 0 spiro atoms. The highest BCUT2D eigenvalue weighted by molar-refractivity contribution is 5.74. The Morgan fingerprint density at radius 1 is 0.844 bits per heavy atom. The maximum Gasteiger partial charge on any atom is 0.185 e. The molecule has 0 aromatic heterocycles. The van der Waals surface area contributed by atoms with Crippen molar-refractivity contribution in [2.75, 3.05) is 34.2 Å². The van der Waals surface area contributed by atoms with Crippen molar-refractivity contribution in [2.45, 2.75) is 116 Å². The molecule has 7 nitrogen and oxygen atoms in total. The van der Waals surface area contributed by atoms with Crippen molar-refractivity contribution in [1.82, 2.24) is 5.32 Å². The molecular weight excluding hydrogens is 402 g/mol. The average molecular weight is 458 g/mol. The molecular formula is C25H55N5O2. The van der Waals surface area contributed by atoms with E-state index in [1.165, 1.54) is 96.4 Å². The van der Waals surface area contributed by atoms with E-state index in [0.717, 1.165) is 4.48 Å². The second-order valence-electron chi connectivity index (χ2n) is 10.0. The van der Waals surface area contributed by atoms with Crippen LogP contribution in [-0.2, 0) is 4.79 Å². The maximum atomic E-state index is 10.1. The number of unbranched alkanes of at least 4 members (excludes halogenated alkanes) is 13. The molecule has 0 fully saturated rings. The summed E-state index contributed by atoms with van der Waals surface area (Å²) in [6.45, 7) is 4.08. The number of carboxylic acids is 1. The third kappa shape index (κ3) is 30.9. The summed E-state index contributed by atoms with van der Waals surface area (Å²) in [6.07, 6.45) is 21.2. The van der Waals surface area contributed by atoms with Crippen molar-refractivity contribution in [1.29, 1.82) is 5.41 Å². The molecule has 32 heavy (non-hydrogen) atoms. The molecule has 0 saturated carbocycles. The van der Waals surface area contributed by atoms with Crippen LogP contribution >= 0.6 is 0 Å². The van der Waals surface area contributed by atoms with Gasteiger partial charge in [-0.05, 0) is 25.7 Å². The van der Waals surface area contributed by atoms with Gasteiger partial charge in [-0.25, -0.2) is 0 Å². The van der Waals surface area contributed by atoms with Gasteiger partial charge in [0.1, 0.15) is 0 Å². The highest BCUT2D eigenvalue weighted by atomic mass is 16.4. The van der Waals surface area contributed by atoms with Gasteiger partial charge in [0, 0.05) is 12.6 Å². The summed E-state index contributed by atoms with van der Waals surface area (Å²) in [6, 6.07) is -0.932. The number of nitrogens with two attached hydrogens (primary N) is 2. The normalized spacial score (nSPS) is 12.0. The van der Waals surface area contributed by atoms with E-state index in [9.17, 15) is 9.90 Å².